The number of nitriles is 1. The molecule has 1 unspecified atom stereocenters. The predicted octanol–water partition coefficient (Wildman–Crippen LogP) is 3.86. The molecule has 0 aliphatic heterocycles. The van der Waals surface area contributed by atoms with Crippen molar-refractivity contribution in [1.82, 2.24) is 0 Å². The van der Waals surface area contributed by atoms with Crippen LogP contribution in [0.5, 0.6) is 5.75 Å². The van der Waals surface area contributed by atoms with E-state index in [2.05, 4.69) is 11.8 Å². The molecule has 0 amide bonds. The first-order valence-electron chi connectivity index (χ1n) is 10.2. The lowest BCUT2D eigenvalue weighted by Gasteiger charge is -2.24. The van der Waals surface area contributed by atoms with E-state index in [4.69, 9.17) is 10.00 Å². The standard InChI is InChI=1S/C25H23F4N2O3/c1-15-20(26)22(28)24(23(29)21(15)27)34-25(33)18(13-19(32)14-31(2,3)4)12-17-9-7-16(8-10-17)6-5-11-30/h7-10,18H,12-14H2,1-4H3/q+1. The molecule has 0 heterocycles. The van der Waals surface area contributed by atoms with Crippen molar-refractivity contribution in [3.63, 3.8) is 0 Å². The van der Waals surface area contributed by atoms with E-state index >= 15 is 0 Å². The van der Waals surface area contributed by atoms with E-state index < -0.39 is 46.5 Å². The molecule has 34 heavy (non-hydrogen) atoms. The smallest absolute Gasteiger partial charge is 0.315 e. The molecule has 2 aromatic rings. The first kappa shape index (κ1) is 26.6. The van der Waals surface area contributed by atoms with Gasteiger partial charge in [0, 0.05) is 23.5 Å². The third kappa shape index (κ3) is 6.90. The Morgan fingerprint density at radius 3 is 2.06 bits per heavy atom. The zero-order valence-electron chi connectivity index (χ0n) is 19.1. The Kier molecular flexibility index (Phi) is 8.56. The fourth-order valence-electron chi connectivity index (χ4n) is 3.21. The summed E-state index contributed by atoms with van der Waals surface area (Å²) in [5.41, 5.74) is 0.231. The number of Topliss-reactive ketones (excluding diaryl/α,β-unsaturated/α-hetero) is 1. The van der Waals surface area contributed by atoms with Crippen molar-refractivity contribution >= 4 is 11.8 Å². The summed E-state index contributed by atoms with van der Waals surface area (Å²) in [5.74, 6) is -6.35. The largest absolute Gasteiger partial charge is 0.420 e. The van der Waals surface area contributed by atoms with Gasteiger partial charge in [0.2, 0.25) is 17.4 Å². The summed E-state index contributed by atoms with van der Waals surface area (Å²) < 4.78 is 61.3. The fraction of sp³-hybridized carbons (Fsp3) is 0.320. The molecule has 0 bridgehead atoms. The highest BCUT2D eigenvalue weighted by Crippen LogP contribution is 2.30. The normalized spacial score (nSPS) is 11.7. The van der Waals surface area contributed by atoms with Gasteiger partial charge in [-0.05, 0) is 31.0 Å². The molecular formula is C25H23F4N2O3+. The zero-order chi connectivity index (χ0) is 25.6. The number of benzene rings is 2. The molecule has 5 nitrogen and oxygen atoms in total. The van der Waals surface area contributed by atoms with E-state index in [1.165, 1.54) is 0 Å². The Morgan fingerprint density at radius 1 is 1.00 bits per heavy atom. The van der Waals surface area contributed by atoms with Crippen LogP contribution < -0.4 is 4.74 Å². The van der Waals surface area contributed by atoms with Gasteiger partial charge in [-0.3, -0.25) is 9.59 Å². The molecule has 9 heteroatoms. The second-order valence-electron chi connectivity index (χ2n) is 8.78. The van der Waals surface area contributed by atoms with Gasteiger partial charge in [-0.1, -0.05) is 18.1 Å². The highest BCUT2D eigenvalue weighted by molar-refractivity contribution is 5.86. The van der Waals surface area contributed by atoms with Crippen LogP contribution in [-0.4, -0.2) is 43.9 Å². The number of quaternary nitrogens is 1. The van der Waals surface area contributed by atoms with Crippen molar-refractivity contribution in [1.29, 1.82) is 5.26 Å². The van der Waals surface area contributed by atoms with Crippen LogP contribution in [0.15, 0.2) is 24.3 Å². The van der Waals surface area contributed by atoms with Crippen molar-refractivity contribution in [2.45, 2.75) is 19.8 Å². The van der Waals surface area contributed by atoms with Gasteiger partial charge in [0.1, 0.15) is 6.54 Å². The lowest BCUT2D eigenvalue weighted by atomic mass is 9.93. The molecule has 0 N–H and O–H groups in total. The maximum atomic E-state index is 14.2. The number of carbonyl (C=O) groups is 2. The molecule has 1 atom stereocenters. The third-order valence-corrected chi connectivity index (χ3v) is 4.80. The summed E-state index contributed by atoms with van der Waals surface area (Å²) in [7, 11) is 5.32. The Morgan fingerprint density at radius 2 is 1.56 bits per heavy atom. The van der Waals surface area contributed by atoms with E-state index in [-0.39, 0.29) is 29.7 Å². The van der Waals surface area contributed by atoms with Crippen molar-refractivity contribution in [3.8, 4) is 23.7 Å². The zero-order valence-corrected chi connectivity index (χ0v) is 19.1. The van der Waals surface area contributed by atoms with Crippen LogP contribution in [0.4, 0.5) is 17.6 Å². The first-order chi connectivity index (χ1) is 15.8. The summed E-state index contributed by atoms with van der Waals surface area (Å²) >= 11 is 0. The predicted molar refractivity (Wildman–Crippen MR) is 115 cm³/mol. The van der Waals surface area contributed by atoms with Crippen LogP contribution in [0, 0.1) is 59.3 Å². The van der Waals surface area contributed by atoms with E-state index in [1.54, 1.807) is 51.5 Å². The van der Waals surface area contributed by atoms with Crippen LogP contribution in [-0.2, 0) is 16.0 Å². The number of hydrogen-bond donors (Lipinski definition) is 0. The van der Waals surface area contributed by atoms with Crippen molar-refractivity contribution in [3.05, 3.63) is 64.2 Å². The van der Waals surface area contributed by atoms with Crippen LogP contribution in [0.2, 0.25) is 0 Å². The van der Waals surface area contributed by atoms with Crippen molar-refractivity contribution in [2.75, 3.05) is 27.7 Å². The van der Waals surface area contributed by atoms with Gasteiger partial charge in [-0.25, -0.2) is 8.78 Å². The topological polar surface area (TPSA) is 67.2 Å². The Bertz CT molecular complexity index is 1170. The quantitative estimate of drug-likeness (QED) is 0.145. The van der Waals surface area contributed by atoms with E-state index in [0.717, 1.165) is 6.92 Å². The number of carbonyl (C=O) groups excluding carboxylic acids is 2. The van der Waals surface area contributed by atoms with Crippen LogP contribution >= 0.6 is 0 Å². The highest BCUT2D eigenvalue weighted by Gasteiger charge is 2.31. The number of nitrogens with zero attached hydrogens (tertiary/aromatic N) is 2. The van der Waals surface area contributed by atoms with Gasteiger partial charge in [-0.15, -0.1) is 0 Å². The molecule has 0 radical (unpaired) electrons. The summed E-state index contributed by atoms with van der Waals surface area (Å²) in [6.45, 7) is 0.919. The molecule has 0 saturated heterocycles. The minimum Gasteiger partial charge on any atom is -0.420 e. The molecule has 0 spiro atoms. The van der Waals surface area contributed by atoms with E-state index in [1.807, 2.05) is 0 Å². The summed E-state index contributed by atoms with van der Waals surface area (Å²) in [6, 6.07) is 8.10. The van der Waals surface area contributed by atoms with Gasteiger partial charge in [0.05, 0.1) is 27.1 Å². The molecule has 2 aromatic carbocycles. The molecule has 0 saturated carbocycles. The van der Waals surface area contributed by atoms with Crippen LogP contribution in [0.1, 0.15) is 23.1 Å². The van der Waals surface area contributed by atoms with Gasteiger partial charge < -0.3 is 9.22 Å². The fourth-order valence-corrected chi connectivity index (χ4v) is 3.21. The number of halogens is 4. The van der Waals surface area contributed by atoms with Gasteiger partial charge in [0.25, 0.3) is 0 Å². The molecule has 0 fully saturated rings. The molecule has 0 aromatic heterocycles. The number of likely N-dealkylation sites (N-methyl/N-ethyl adjacent to an activating group) is 1. The molecular weight excluding hydrogens is 452 g/mol. The maximum Gasteiger partial charge on any atom is 0.315 e. The monoisotopic (exact) mass is 475 g/mol. The maximum absolute atomic E-state index is 14.2. The average Bonchev–Trinajstić information content (AvgIpc) is 2.77. The van der Waals surface area contributed by atoms with Crippen LogP contribution in [0.3, 0.4) is 0 Å². The van der Waals surface area contributed by atoms with Gasteiger partial charge >= 0.3 is 5.97 Å². The number of esters is 1. The van der Waals surface area contributed by atoms with Crippen molar-refractivity contribution < 1.29 is 36.4 Å². The van der Waals surface area contributed by atoms with Crippen molar-refractivity contribution in [2.24, 2.45) is 5.92 Å². The summed E-state index contributed by atoms with van der Waals surface area (Å²) in [6.07, 6.45) is -0.363. The lowest BCUT2D eigenvalue weighted by molar-refractivity contribution is -0.862. The Balaban J connectivity index is 2.35. The molecule has 0 aliphatic carbocycles. The minimum atomic E-state index is -1.83. The third-order valence-electron chi connectivity index (χ3n) is 4.80. The summed E-state index contributed by atoms with van der Waals surface area (Å²) in [4.78, 5) is 25.4. The van der Waals surface area contributed by atoms with Gasteiger partial charge in [0.15, 0.2) is 23.5 Å². The Labute approximate surface area is 195 Å². The number of ether oxygens (including phenoxy) is 1. The molecule has 0 aliphatic rings. The van der Waals surface area contributed by atoms with E-state index in [9.17, 15) is 27.2 Å². The second-order valence-corrected chi connectivity index (χ2v) is 8.78. The second kappa shape index (κ2) is 11.0. The first-order valence-corrected chi connectivity index (χ1v) is 10.2. The SMILES string of the molecule is Cc1c(F)c(F)c(OC(=O)C(CC(=O)C[N+](C)(C)C)Cc2ccc(C#CC#N)cc2)c(F)c1F. The van der Waals surface area contributed by atoms with Gasteiger partial charge in [-0.2, -0.15) is 14.0 Å². The molecule has 2 rings (SSSR count). The van der Waals surface area contributed by atoms with Crippen LogP contribution in [0.25, 0.3) is 0 Å². The van der Waals surface area contributed by atoms with E-state index in [0.29, 0.717) is 11.1 Å². The average molecular weight is 475 g/mol. The minimum absolute atomic E-state index is 0.0479. The highest BCUT2D eigenvalue weighted by atomic mass is 19.2. The number of hydrogen-bond acceptors (Lipinski definition) is 4. The number of rotatable bonds is 8. The number of ketones is 1. The lowest BCUT2D eigenvalue weighted by Crippen LogP contribution is -2.40. The molecule has 178 valence electrons. The Hall–Kier alpha value is -3.69. The summed E-state index contributed by atoms with van der Waals surface area (Å²) in [5, 5.41) is 8.53.